The van der Waals surface area contributed by atoms with Crippen molar-refractivity contribution in [1.82, 2.24) is 0 Å². The summed E-state index contributed by atoms with van der Waals surface area (Å²) in [5.41, 5.74) is 3.65. The molecule has 0 saturated heterocycles. The monoisotopic (exact) mass is 281 g/mol. The van der Waals surface area contributed by atoms with E-state index < -0.39 is 0 Å². The van der Waals surface area contributed by atoms with Gasteiger partial charge in [-0.2, -0.15) is 0 Å². The lowest BCUT2D eigenvalue weighted by Crippen LogP contribution is -2.24. The molecule has 3 rings (SSSR count). The first-order valence-corrected chi connectivity index (χ1v) is 7.35. The number of rotatable bonds is 5. The maximum absolute atomic E-state index is 11.8. The van der Waals surface area contributed by atoms with E-state index in [1.165, 1.54) is 11.3 Å². The molecule has 0 bridgehead atoms. The second-order valence-electron chi connectivity index (χ2n) is 5.26. The topological polar surface area (TPSA) is 29.5 Å². The molecule has 21 heavy (non-hydrogen) atoms. The quantitative estimate of drug-likeness (QED) is 0.788. The molecule has 1 aliphatic rings. The second-order valence-corrected chi connectivity index (χ2v) is 5.26. The first-order valence-electron chi connectivity index (χ1n) is 7.35. The fraction of sp³-hybridized carbons (Fsp3) is 0.278. The van der Waals surface area contributed by atoms with Crippen LogP contribution in [0.1, 0.15) is 17.5 Å². The molecule has 3 heteroatoms. The molecule has 3 nitrogen and oxygen atoms in total. The van der Waals surface area contributed by atoms with Crippen LogP contribution in [0.15, 0.2) is 54.6 Å². The Morgan fingerprint density at radius 2 is 1.81 bits per heavy atom. The standard InChI is InChI=1S/C18H19NO2/c20-18(21-14-15-6-2-1-3-7-15)11-13-19-12-10-16-8-4-5-9-17(16)19/h1-9H,10-14H2. The number of benzene rings is 2. The zero-order valence-corrected chi connectivity index (χ0v) is 12.0. The molecule has 108 valence electrons. The predicted molar refractivity (Wildman–Crippen MR) is 83.2 cm³/mol. The Balaban J connectivity index is 1.47. The number of hydrogen-bond donors (Lipinski definition) is 0. The van der Waals surface area contributed by atoms with Crippen LogP contribution in [0.3, 0.4) is 0 Å². The van der Waals surface area contributed by atoms with Crippen molar-refractivity contribution < 1.29 is 9.53 Å². The number of anilines is 1. The Bertz CT molecular complexity index is 610. The minimum Gasteiger partial charge on any atom is -0.461 e. The molecule has 1 heterocycles. The summed E-state index contributed by atoms with van der Waals surface area (Å²) in [4.78, 5) is 14.1. The van der Waals surface area contributed by atoms with Crippen molar-refractivity contribution in [2.24, 2.45) is 0 Å². The van der Waals surface area contributed by atoms with E-state index in [-0.39, 0.29) is 5.97 Å². The molecular formula is C18H19NO2. The number of nitrogens with zero attached hydrogens (tertiary/aromatic N) is 1. The van der Waals surface area contributed by atoms with Gasteiger partial charge in [0.15, 0.2) is 0 Å². The summed E-state index contributed by atoms with van der Waals surface area (Å²) < 4.78 is 5.31. The molecule has 0 unspecified atom stereocenters. The molecule has 0 fully saturated rings. The third kappa shape index (κ3) is 3.43. The highest BCUT2D eigenvalue weighted by molar-refractivity contribution is 5.70. The molecule has 1 aliphatic heterocycles. The van der Waals surface area contributed by atoms with Crippen molar-refractivity contribution in [1.29, 1.82) is 0 Å². The van der Waals surface area contributed by atoms with Gasteiger partial charge in [0.05, 0.1) is 6.42 Å². The Hall–Kier alpha value is -2.29. The Morgan fingerprint density at radius 3 is 2.67 bits per heavy atom. The highest BCUT2D eigenvalue weighted by Crippen LogP contribution is 2.27. The first kappa shape index (κ1) is 13.7. The van der Waals surface area contributed by atoms with Gasteiger partial charge in [0.25, 0.3) is 0 Å². The SMILES string of the molecule is O=C(CCN1CCc2ccccc21)OCc1ccccc1. The van der Waals surface area contributed by atoms with Gasteiger partial charge in [0.2, 0.25) is 0 Å². The molecule has 0 aliphatic carbocycles. The van der Waals surface area contributed by atoms with Gasteiger partial charge in [0, 0.05) is 18.8 Å². The lowest BCUT2D eigenvalue weighted by atomic mass is 10.2. The lowest BCUT2D eigenvalue weighted by molar-refractivity contribution is -0.144. The number of para-hydroxylation sites is 1. The summed E-state index contributed by atoms with van der Waals surface area (Å²) in [6.07, 6.45) is 1.50. The molecule has 2 aromatic rings. The fourth-order valence-corrected chi connectivity index (χ4v) is 2.68. The van der Waals surface area contributed by atoms with Crippen molar-refractivity contribution in [2.75, 3.05) is 18.0 Å². The van der Waals surface area contributed by atoms with Crippen LogP contribution in [-0.2, 0) is 22.6 Å². The summed E-state index contributed by atoms with van der Waals surface area (Å²) in [5.74, 6) is -0.136. The number of ether oxygens (including phenoxy) is 1. The Morgan fingerprint density at radius 1 is 1.05 bits per heavy atom. The van der Waals surface area contributed by atoms with Gasteiger partial charge < -0.3 is 9.64 Å². The molecular weight excluding hydrogens is 262 g/mol. The maximum Gasteiger partial charge on any atom is 0.307 e. The van der Waals surface area contributed by atoms with Crippen LogP contribution >= 0.6 is 0 Å². The van der Waals surface area contributed by atoms with Gasteiger partial charge in [-0.05, 0) is 23.6 Å². The highest BCUT2D eigenvalue weighted by atomic mass is 16.5. The molecule has 0 N–H and O–H groups in total. The summed E-state index contributed by atoms with van der Waals surface area (Å²) in [6, 6.07) is 18.2. The van der Waals surface area contributed by atoms with Crippen molar-refractivity contribution in [2.45, 2.75) is 19.4 Å². The van der Waals surface area contributed by atoms with Gasteiger partial charge in [-0.3, -0.25) is 4.79 Å². The maximum atomic E-state index is 11.8. The van der Waals surface area contributed by atoms with Gasteiger partial charge in [0.1, 0.15) is 6.61 Å². The average Bonchev–Trinajstić information content (AvgIpc) is 2.95. The van der Waals surface area contributed by atoms with Gasteiger partial charge in [-0.1, -0.05) is 48.5 Å². The highest BCUT2D eigenvalue weighted by Gasteiger charge is 2.18. The van der Waals surface area contributed by atoms with Crippen molar-refractivity contribution in [3.05, 3.63) is 65.7 Å². The third-order valence-corrected chi connectivity index (χ3v) is 3.81. The van der Waals surface area contributed by atoms with E-state index in [0.29, 0.717) is 13.0 Å². The van der Waals surface area contributed by atoms with Crippen LogP contribution in [0.4, 0.5) is 5.69 Å². The number of carbonyl (C=O) groups is 1. The first-order chi connectivity index (χ1) is 10.3. The van der Waals surface area contributed by atoms with Crippen molar-refractivity contribution >= 4 is 11.7 Å². The van der Waals surface area contributed by atoms with E-state index in [4.69, 9.17) is 4.74 Å². The number of fused-ring (bicyclic) bond motifs is 1. The number of hydrogen-bond acceptors (Lipinski definition) is 3. The van der Waals surface area contributed by atoms with E-state index >= 15 is 0 Å². The minimum absolute atomic E-state index is 0.136. The van der Waals surface area contributed by atoms with Crippen LogP contribution in [0, 0.1) is 0 Å². The van der Waals surface area contributed by atoms with E-state index in [2.05, 4.69) is 23.1 Å². The third-order valence-electron chi connectivity index (χ3n) is 3.81. The molecule has 0 radical (unpaired) electrons. The minimum atomic E-state index is -0.136. The summed E-state index contributed by atoms with van der Waals surface area (Å²) >= 11 is 0. The Labute approximate surface area is 125 Å². The molecule has 0 amide bonds. The van der Waals surface area contributed by atoms with E-state index in [1.54, 1.807) is 0 Å². The normalized spacial score (nSPS) is 13.0. The summed E-state index contributed by atoms with van der Waals surface area (Å²) in [7, 11) is 0. The summed E-state index contributed by atoms with van der Waals surface area (Å²) in [5, 5.41) is 0. The molecule has 0 atom stereocenters. The summed E-state index contributed by atoms with van der Waals surface area (Å²) in [6.45, 7) is 2.08. The predicted octanol–water partition coefficient (Wildman–Crippen LogP) is 3.18. The van der Waals surface area contributed by atoms with Gasteiger partial charge in [-0.25, -0.2) is 0 Å². The molecule has 0 aromatic heterocycles. The van der Waals surface area contributed by atoms with Crippen molar-refractivity contribution in [3.63, 3.8) is 0 Å². The smallest absolute Gasteiger partial charge is 0.307 e. The van der Waals surface area contributed by atoms with Crippen LogP contribution in [0.25, 0.3) is 0 Å². The largest absolute Gasteiger partial charge is 0.461 e. The Kier molecular flexibility index (Phi) is 4.20. The number of esters is 1. The van der Waals surface area contributed by atoms with E-state index in [1.807, 2.05) is 36.4 Å². The fourth-order valence-electron chi connectivity index (χ4n) is 2.68. The van der Waals surface area contributed by atoms with Crippen LogP contribution in [-0.4, -0.2) is 19.1 Å². The zero-order valence-electron chi connectivity index (χ0n) is 12.0. The van der Waals surface area contributed by atoms with Gasteiger partial charge in [-0.15, -0.1) is 0 Å². The van der Waals surface area contributed by atoms with E-state index in [9.17, 15) is 4.79 Å². The molecule has 0 saturated carbocycles. The number of carbonyl (C=O) groups excluding carboxylic acids is 1. The lowest BCUT2D eigenvalue weighted by Gasteiger charge is -2.18. The van der Waals surface area contributed by atoms with Crippen LogP contribution in [0.2, 0.25) is 0 Å². The average molecular weight is 281 g/mol. The van der Waals surface area contributed by atoms with Crippen LogP contribution < -0.4 is 4.90 Å². The van der Waals surface area contributed by atoms with Crippen LogP contribution in [0.5, 0.6) is 0 Å². The molecule has 0 spiro atoms. The molecule has 2 aromatic carbocycles. The second kappa shape index (κ2) is 6.44. The van der Waals surface area contributed by atoms with Crippen molar-refractivity contribution in [3.8, 4) is 0 Å². The van der Waals surface area contributed by atoms with E-state index in [0.717, 1.165) is 25.1 Å². The zero-order chi connectivity index (χ0) is 14.5. The van der Waals surface area contributed by atoms with Gasteiger partial charge >= 0.3 is 5.97 Å².